The lowest BCUT2D eigenvalue weighted by molar-refractivity contribution is 0.0217. The van der Waals surface area contributed by atoms with Gasteiger partial charge in [0.25, 0.3) is 0 Å². The summed E-state index contributed by atoms with van der Waals surface area (Å²) in [6, 6.07) is 0. The Balaban J connectivity index is 2.84. The zero-order chi connectivity index (χ0) is 13.0. The molecule has 3 atom stereocenters. The summed E-state index contributed by atoms with van der Waals surface area (Å²) in [7, 11) is 0. The molecule has 98 valence electrons. The minimum Gasteiger partial charge on any atom is -0.393 e. The van der Waals surface area contributed by atoms with E-state index in [2.05, 4.69) is 24.0 Å². The van der Waals surface area contributed by atoms with E-state index in [0.717, 1.165) is 0 Å². The van der Waals surface area contributed by atoms with Crippen LogP contribution in [-0.2, 0) is 4.74 Å². The van der Waals surface area contributed by atoms with Crippen molar-refractivity contribution in [3.05, 3.63) is 11.7 Å². The summed E-state index contributed by atoms with van der Waals surface area (Å²) in [6.45, 7) is 10.2. The lowest BCUT2D eigenvalue weighted by Crippen LogP contribution is -2.14. The van der Waals surface area contributed by atoms with Gasteiger partial charge in [0, 0.05) is 6.61 Å². The van der Waals surface area contributed by atoms with Gasteiger partial charge in [-0.3, -0.25) is 0 Å². The van der Waals surface area contributed by atoms with Crippen molar-refractivity contribution in [3.8, 4) is 0 Å². The van der Waals surface area contributed by atoms with Crippen LogP contribution in [0.1, 0.15) is 58.4 Å². The summed E-state index contributed by atoms with van der Waals surface area (Å²) >= 11 is 0. The van der Waals surface area contributed by atoms with E-state index in [1.165, 1.54) is 0 Å². The third-order valence-electron chi connectivity index (χ3n) is 2.78. The van der Waals surface area contributed by atoms with Gasteiger partial charge < -0.3 is 14.4 Å². The summed E-state index contributed by atoms with van der Waals surface area (Å²) < 4.78 is 10.8. The standard InChI is InChI=1S/C12H22N2O3/c1-6-16-10(7(2)3)11-13-12(17-14-11)8(4)9(5)15/h7-10,15H,6H2,1-5H3. The quantitative estimate of drug-likeness (QED) is 0.828. The molecule has 0 saturated heterocycles. The lowest BCUT2D eigenvalue weighted by Gasteiger charge is -2.16. The molecule has 1 aromatic rings. The number of ether oxygens (including phenoxy) is 1. The zero-order valence-corrected chi connectivity index (χ0v) is 11.2. The summed E-state index contributed by atoms with van der Waals surface area (Å²) in [6.07, 6.45) is -0.661. The fraction of sp³-hybridized carbons (Fsp3) is 0.833. The van der Waals surface area contributed by atoms with E-state index in [0.29, 0.717) is 18.3 Å². The first kappa shape index (κ1) is 14.1. The van der Waals surface area contributed by atoms with Crippen molar-refractivity contribution >= 4 is 0 Å². The SMILES string of the molecule is CCOC(c1noc(C(C)C(C)O)n1)C(C)C. The van der Waals surface area contributed by atoms with E-state index in [1.54, 1.807) is 6.92 Å². The van der Waals surface area contributed by atoms with Crippen molar-refractivity contribution in [1.82, 2.24) is 10.1 Å². The largest absolute Gasteiger partial charge is 0.393 e. The highest BCUT2D eigenvalue weighted by Gasteiger charge is 2.25. The van der Waals surface area contributed by atoms with Crippen LogP contribution >= 0.6 is 0 Å². The van der Waals surface area contributed by atoms with E-state index >= 15 is 0 Å². The molecule has 17 heavy (non-hydrogen) atoms. The number of aromatic nitrogens is 2. The molecule has 0 amide bonds. The summed E-state index contributed by atoms with van der Waals surface area (Å²) in [5, 5.41) is 13.4. The van der Waals surface area contributed by atoms with Crippen LogP contribution in [0.4, 0.5) is 0 Å². The molecule has 3 unspecified atom stereocenters. The van der Waals surface area contributed by atoms with Gasteiger partial charge in [-0.05, 0) is 19.8 Å². The van der Waals surface area contributed by atoms with Crippen molar-refractivity contribution in [2.45, 2.75) is 52.7 Å². The first-order valence-electron chi connectivity index (χ1n) is 6.10. The molecule has 0 aliphatic heterocycles. The molecule has 0 aliphatic carbocycles. The van der Waals surface area contributed by atoms with Crippen LogP contribution in [0, 0.1) is 5.92 Å². The maximum absolute atomic E-state index is 9.48. The zero-order valence-electron chi connectivity index (χ0n) is 11.2. The van der Waals surface area contributed by atoms with Gasteiger partial charge >= 0.3 is 0 Å². The summed E-state index contributed by atoms with van der Waals surface area (Å²) in [5.74, 6) is 1.14. The first-order valence-corrected chi connectivity index (χ1v) is 6.10. The van der Waals surface area contributed by atoms with Crippen LogP contribution in [0.15, 0.2) is 4.52 Å². The van der Waals surface area contributed by atoms with E-state index in [4.69, 9.17) is 9.26 Å². The van der Waals surface area contributed by atoms with Crippen molar-refractivity contribution in [3.63, 3.8) is 0 Å². The van der Waals surface area contributed by atoms with Crippen LogP contribution in [0.25, 0.3) is 0 Å². The van der Waals surface area contributed by atoms with Gasteiger partial charge in [0.05, 0.1) is 12.0 Å². The molecule has 5 heteroatoms. The Bertz CT molecular complexity index is 336. The van der Waals surface area contributed by atoms with Crippen molar-refractivity contribution in [2.24, 2.45) is 5.92 Å². The molecule has 0 aliphatic rings. The second-order valence-corrected chi connectivity index (χ2v) is 4.64. The Labute approximate surface area is 102 Å². The molecule has 0 radical (unpaired) electrons. The molecule has 0 spiro atoms. The Morgan fingerprint density at radius 2 is 1.94 bits per heavy atom. The van der Waals surface area contributed by atoms with E-state index in [1.807, 2.05) is 13.8 Å². The fourth-order valence-corrected chi connectivity index (χ4v) is 1.50. The molecule has 0 aromatic carbocycles. The van der Waals surface area contributed by atoms with Gasteiger partial charge in [-0.15, -0.1) is 0 Å². The Hall–Kier alpha value is -0.940. The van der Waals surface area contributed by atoms with Gasteiger partial charge in [-0.1, -0.05) is 25.9 Å². The normalized spacial score (nSPS) is 17.1. The monoisotopic (exact) mass is 242 g/mol. The van der Waals surface area contributed by atoms with Crippen LogP contribution in [0.5, 0.6) is 0 Å². The van der Waals surface area contributed by atoms with Crippen LogP contribution < -0.4 is 0 Å². The van der Waals surface area contributed by atoms with E-state index < -0.39 is 6.10 Å². The molecule has 0 saturated carbocycles. The van der Waals surface area contributed by atoms with Crippen LogP contribution in [0.3, 0.4) is 0 Å². The molecule has 1 heterocycles. The topological polar surface area (TPSA) is 68.4 Å². The Morgan fingerprint density at radius 1 is 1.29 bits per heavy atom. The number of aliphatic hydroxyl groups excluding tert-OH is 1. The minimum atomic E-state index is -0.507. The molecule has 0 fully saturated rings. The average Bonchev–Trinajstić information content (AvgIpc) is 2.73. The number of aliphatic hydroxyl groups is 1. The maximum atomic E-state index is 9.48. The van der Waals surface area contributed by atoms with E-state index in [-0.39, 0.29) is 17.9 Å². The first-order chi connectivity index (χ1) is 7.97. The Kier molecular flexibility index (Phi) is 5.08. The number of hydrogen-bond donors (Lipinski definition) is 1. The van der Waals surface area contributed by atoms with Gasteiger partial charge in [0.15, 0.2) is 0 Å². The lowest BCUT2D eigenvalue weighted by atomic mass is 10.1. The van der Waals surface area contributed by atoms with Gasteiger partial charge in [-0.2, -0.15) is 4.98 Å². The van der Waals surface area contributed by atoms with Gasteiger partial charge in [-0.25, -0.2) is 0 Å². The highest BCUT2D eigenvalue weighted by molar-refractivity contribution is 4.98. The molecule has 1 aromatic heterocycles. The van der Waals surface area contributed by atoms with Crippen LogP contribution in [-0.4, -0.2) is 28.0 Å². The number of nitrogens with zero attached hydrogens (tertiary/aromatic N) is 2. The van der Waals surface area contributed by atoms with Gasteiger partial charge in [0.1, 0.15) is 6.10 Å². The molecule has 0 bridgehead atoms. The number of rotatable bonds is 6. The molecule has 5 nitrogen and oxygen atoms in total. The third kappa shape index (κ3) is 3.51. The Morgan fingerprint density at radius 3 is 2.41 bits per heavy atom. The molecule has 1 N–H and O–H groups in total. The number of hydrogen-bond acceptors (Lipinski definition) is 5. The summed E-state index contributed by atoms with van der Waals surface area (Å²) in [5.41, 5.74) is 0. The highest BCUT2D eigenvalue weighted by Crippen LogP contribution is 2.25. The van der Waals surface area contributed by atoms with E-state index in [9.17, 15) is 5.11 Å². The van der Waals surface area contributed by atoms with Gasteiger partial charge in [0.2, 0.25) is 11.7 Å². The van der Waals surface area contributed by atoms with Crippen molar-refractivity contribution < 1.29 is 14.4 Å². The maximum Gasteiger partial charge on any atom is 0.232 e. The van der Waals surface area contributed by atoms with Crippen LogP contribution in [0.2, 0.25) is 0 Å². The average molecular weight is 242 g/mol. The minimum absolute atomic E-state index is 0.154. The third-order valence-corrected chi connectivity index (χ3v) is 2.78. The van der Waals surface area contributed by atoms with Crippen molar-refractivity contribution in [2.75, 3.05) is 6.61 Å². The second-order valence-electron chi connectivity index (χ2n) is 4.64. The van der Waals surface area contributed by atoms with Crippen molar-refractivity contribution in [1.29, 1.82) is 0 Å². The predicted octanol–water partition coefficient (Wildman–Crippen LogP) is 2.29. The smallest absolute Gasteiger partial charge is 0.232 e. The molecule has 1 rings (SSSR count). The second kappa shape index (κ2) is 6.12. The fourth-order valence-electron chi connectivity index (χ4n) is 1.50. The summed E-state index contributed by atoms with van der Waals surface area (Å²) in [4.78, 5) is 4.31. The molecular weight excluding hydrogens is 220 g/mol. The molecular formula is C12H22N2O3. The highest BCUT2D eigenvalue weighted by atomic mass is 16.5. The predicted molar refractivity (Wildman–Crippen MR) is 63.6 cm³/mol.